The van der Waals surface area contributed by atoms with Gasteiger partial charge in [-0.1, -0.05) is 39.8 Å². The third-order valence-electron chi connectivity index (χ3n) is 3.47. The second kappa shape index (κ2) is 9.77. The van der Waals surface area contributed by atoms with E-state index in [9.17, 15) is 9.59 Å². The first-order valence-electron chi connectivity index (χ1n) is 8.46. The number of nitrogens with zero attached hydrogens (tertiary/aromatic N) is 3. The Morgan fingerprint density at radius 1 is 0.957 bits per heavy atom. The summed E-state index contributed by atoms with van der Waals surface area (Å²) in [6.07, 6.45) is 2.61. The molecule has 23 heavy (non-hydrogen) atoms. The lowest BCUT2D eigenvalue weighted by Gasteiger charge is -2.17. The van der Waals surface area contributed by atoms with E-state index in [0.717, 1.165) is 26.1 Å². The highest BCUT2D eigenvalue weighted by Gasteiger charge is 2.34. The molecule has 3 rings (SSSR count). The van der Waals surface area contributed by atoms with Crippen molar-refractivity contribution >= 4 is 18.2 Å². The summed E-state index contributed by atoms with van der Waals surface area (Å²) >= 11 is 0. The average Bonchev–Trinajstić information content (AvgIpc) is 3.22. The van der Waals surface area contributed by atoms with Crippen molar-refractivity contribution in [3.05, 3.63) is 35.4 Å². The number of hydrogen-bond donors (Lipinski definition) is 0. The maximum absolute atomic E-state index is 12.1. The van der Waals surface area contributed by atoms with E-state index in [1.54, 1.807) is 24.3 Å². The van der Waals surface area contributed by atoms with Crippen molar-refractivity contribution in [3.63, 3.8) is 0 Å². The predicted molar refractivity (Wildman–Crippen MR) is 94.1 cm³/mol. The zero-order valence-corrected chi connectivity index (χ0v) is 14.6. The van der Waals surface area contributed by atoms with Gasteiger partial charge in [0, 0.05) is 19.6 Å². The number of hydrogen-bond acceptors (Lipinski definition) is 4. The zero-order chi connectivity index (χ0) is 17.2. The fraction of sp³-hybridized carbons (Fsp3) is 0.500. The molecule has 0 N–H and O–H groups in total. The quantitative estimate of drug-likeness (QED) is 0.802. The van der Waals surface area contributed by atoms with Gasteiger partial charge in [0.1, 0.15) is 0 Å². The van der Waals surface area contributed by atoms with Gasteiger partial charge < -0.3 is 4.90 Å². The topological polar surface area (TPSA) is 53.0 Å². The van der Waals surface area contributed by atoms with Crippen LogP contribution in [0.15, 0.2) is 29.3 Å². The van der Waals surface area contributed by atoms with E-state index in [2.05, 4.69) is 9.89 Å². The molecular formula is C18H27N3O2. The third kappa shape index (κ3) is 4.41. The van der Waals surface area contributed by atoms with Crippen molar-refractivity contribution in [2.24, 2.45) is 4.99 Å². The Hall–Kier alpha value is -2.17. The van der Waals surface area contributed by atoms with Gasteiger partial charge in [0.05, 0.1) is 24.0 Å². The van der Waals surface area contributed by atoms with E-state index in [4.69, 9.17) is 0 Å². The van der Waals surface area contributed by atoms with Gasteiger partial charge in [0.2, 0.25) is 0 Å². The van der Waals surface area contributed by atoms with Gasteiger partial charge in [0.25, 0.3) is 11.8 Å². The number of imide groups is 1. The highest BCUT2D eigenvalue weighted by atomic mass is 16.2. The smallest absolute Gasteiger partial charge is 0.261 e. The predicted octanol–water partition coefficient (Wildman–Crippen LogP) is 3.07. The first kappa shape index (κ1) is 18.9. The minimum Gasteiger partial charge on any atom is -0.361 e. The fourth-order valence-electron chi connectivity index (χ4n) is 2.46. The number of fused-ring (bicyclic) bond motifs is 1. The maximum Gasteiger partial charge on any atom is 0.261 e. The normalized spacial score (nSPS) is 15.0. The molecule has 2 heterocycles. The Bertz CT molecular complexity index is 520. The summed E-state index contributed by atoms with van der Waals surface area (Å²) in [6, 6.07) is 6.99. The van der Waals surface area contributed by atoms with Gasteiger partial charge in [-0.15, -0.1) is 0 Å². The third-order valence-corrected chi connectivity index (χ3v) is 3.47. The minimum absolute atomic E-state index is 0.171. The van der Waals surface area contributed by atoms with Crippen LogP contribution in [0.2, 0.25) is 0 Å². The molecule has 1 aromatic carbocycles. The second-order valence-corrected chi connectivity index (χ2v) is 4.72. The van der Waals surface area contributed by atoms with Gasteiger partial charge in [-0.2, -0.15) is 0 Å². The van der Waals surface area contributed by atoms with Crippen LogP contribution in [-0.4, -0.2) is 54.1 Å². The molecule has 0 aliphatic carbocycles. The number of rotatable bonds is 4. The van der Waals surface area contributed by atoms with Crippen molar-refractivity contribution in [2.75, 3.05) is 26.2 Å². The molecule has 5 heteroatoms. The monoisotopic (exact) mass is 317 g/mol. The molecule has 0 aromatic heterocycles. The highest BCUT2D eigenvalue weighted by Crippen LogP contribution is 2.22. The van der Waals surface area contributed by atoms with Crippen LogP contribution in [0, 0.1) is 0 Å². The summed E-state index contributed by atoms with van der Waals surface area (Å²) in [5.41, 5.74) is 1.05. The van der Waals surface area contributed by atoms with E-state index in [1.165, 1.54) is 4.90 Å². The molecule has 2 aliphatic rings. The Balaban J connectivity index is 0.000000615. The van der Waals surface area contributed by atoms with E-state index in [1.807, 2.05) is 34.0 Å². The number of carbonyl (C=O) groups is 2. The zero-order valence-electron chi connectivity index (χ0n) is 14.6. The highest BCUT2D eigenvalue weighted by molar-refractivity contribution is 6.21. The van der Waals surface area contributed by atoms with Crippen molar-refractivity contribution in [1.82, 2.24) is 9.80 Å². The van der Waals surface area contributed by atoms with E-state index in [-0.39, 0.29) is 11.8 Å². The molecule has 0 atom stereocenters. The summed E-state index contributed by atoms with van der Waals surface area (Å²) in [5.74, 6) is -0.341. The molecule has 0 saturated carbocycles. The molecule has 0 spiro atoms. The van der Waals surface area contributed by atoms with Crippen LogP contribution in [0.1, 0.15) is 54.8 Å². The number of amides is 2. The number of benzene rings is 1. The van der Waals surface area contributed by atoms with Gasteiger partial charge in [-0.05, 0) is 18.6 Å². The summed E-state index contributed by atoms with van der Waals surface area (Å²) in [7, 11) is 0. The molecule has 126 valence electrons. The largest absolute Gasteiger partial charge is 0.361 e. The van der Waals surface area contributed by atoms with Crippen molar-refractivity contribution in [1.29, 1.82) is 0 Å². The standard InChI is InChI=1S/C14H15N3O2.2C2H6/c18-13-11-4-1-2-5-12(11)14(19)17(13)8-3-7-16-9-6-15-10-16;2*1-2/h1-2,4-5,10H,3,6-9H2;2*1-2H3. The van der Waals surface area contributed by atoms with Crippen molar-refractivity contribution in [3.8, 4) is 0 Å². The van der Waals surface area contributed by atoms with Gasteiger partial charge in [-0.3, -0.25) is 19.5 Å². The van der Waals surface area contributed by atoms with Crippen molar-refractivity contribution in [2.45, 2.75) is 34.1 Å². The first-order valence-corrected chi connectivity index (χ1v) is 8.46. The Morgan fingerprint density at radius 3 is 2.00 bits per heavy atom. The Kier molecular flexibility index (Phi) is 8.02. The molecule has 2 aliphatic heterocycles. The molecule has 5 nitrogen and oxygen atoms in total. The molecule has 0 unspecified atom stereocenters. The van der Waals surface area contributed by atoms with Crippen LogP contribution >= 0.6 is 0 Å². The molecule has 0 fully saturated rings. The van der Waals surface area contributed by atoms with E-state index >= 15 is 0 Å². The summed E-state index contributed by atoms with van der Waals surface area (Å²) in [5, 5.41) is 0. The van der Waals surface area contributed by atoms with Crippen molar-refractivity contribution < 1.29 is 9.59 Å². The van der Waals surface area contributed by atoms with Gasteiger partial charge in [0.15, 0.2) is 0 Å². The summed E-state index contributed by atoms with van der Waals surface area (Å²) in [6.45, 7) is 11.1. The number of carbonyl (C=O) groups excluding carboxylic acids is 2. The lowest BCUT2D eigenvalue weighted by atomic mass is 10.1. The van der Waals surface area contributed by atoms with Crippen LogP contribution in [0.25, 0.3) is 0 Å². The fourth-order valence-corrected chi connectivity index (χ4v) is 2.46. The summed E-state index contributed by atoms with van der Waals surface area (Å²) < 4.78 is 0. The second-order valence-electron chi connectivity index (χ2n) is 4.72. The van der Waals surface area contributed by atoms with Crippen LogP contribution in [0.5, 0.6) is 0 Å². The maximum atomic E-state index is 12.1. The molecular weight excluding hydrogens is 290 g/mol. The van der Waals surface area contributed by atoms with Crippen LogP contribution in [0.4, 0.5) is 0 Å². The minimum atomic E-state index is -0.171. The average molecular weight is 317 g/mol. The molecule has 1 aromatic rings. The molecule has 2 amide bonds. The van der Waals surface area contributed by atoms with Gasteiger partial charge >= 0.3 is 0 Å². The lowest BCUT2D eigenvalue weighted by molar-refractivity contribution is 0.0650. The van der Waals surface area contributed by atoms with Crippen LogP contribution < -0.4 is 0 Å². The van der Waals surface area contributed by atoms with E-state index < -0.39 is 0 Å². The molecule has 0 saturated heterocycles. The van der Waals surface area contributed by atoms with Gasteiger partial charge in [-0.25, -0.2) is 0 Å². The molecule has 0 bridgehead atoms. The van der Waals surface area contributed by atoms with Crippen LogP contribution in [-0.2, 0) is 0 Å². The lowest BCUT2D eigenvalue weighted by Crippen LogP contribution is -2.33. The number of aliphatic imine (C=N–C) groups is 1. The molecule has 0 radical (unpaired) electrons. The first-order chi connectivity index (χ1) is 11.3. The van der Waals surface area contributed by atoms with Crippen LogP contribution in [0.3, 0.4) is 0 Å². The Labute approximate surface area is 139 Å². The SMILES string of the molecule is CC.CC.O=C1c2ccccc2C(=O)N1CCCN1C=NCC1. The Morgan fingerprint density at radius 2 is 1.52 bits per heavy atom. The summed E-state index contributed by atoms with van der Waals surface area (Å²) in [4.78, 5) is 31.8. The van der Waals surface area contributed by atoms with E-state index in [0.29, 0.717) is 17.7 Å².